The molecule has 0 N–H and O–H groups in total. The van der Waals surface area contributed by atoms with E-state index in [0.717, 1.165) is 31.7 Å². The summed E-state index contributed by atoms with van der Waals surface area (Å²) in [6.07, 6.45) is -0.161. The van der Waals surface area contributed by atoms with Crippen molar-refractivity contribution in [2.45, 2.75) is 58.0 Å². The van der Waals surface area contributed by atoms with Gasteiger partial charge >= 0.3 is 0 Å². The Kier molecular flexibility index (Phi) is 5.79. The van der Waals surface area contributed by atoms with Crippen LogP contribution in [0.3, 0.4) is 0 Å². The fraction of sp³-hybridized carbons (Fsp3) is 0.667. The molecule has 0 radical (unpaired) electrons. The highest BCUT2D eigenvalue weighted by Gasteiger charge is 2.22. The molecule has 0 aliphatic carbocycles. The molecule has 1 heterocycles. The molecule has 22 heavy (non-hydrogen) atoms. The summed E-state index contributed by atoms with van der Waals surface area (Å²) >= 11 is 0. The number of halogens is 2. The number of benzene rings is 1. The Balaban J connectivity index is 1.87. The first kappa shape index (κ1) is 17.2. The minimum atomic E-state index is -2.22. The van der Waals surface area contributed by atoms with Gasteiger partial charge in [-0.25, -0.2) is 8.78 Å². The molecule has 0 saturated carbocycles. The maximum absolute atomic E-state index is 12.3. The third kappa shape index (κ3) is 5.24. The SMILES string of the molecule is CC(C)(C)c1ccc(OC2CCCN(CCC(F)F)C2)cc1. The van der Waals surface area contributed by atoms with E-state index in [1.165, 1.54) is 5.56 Å². The van der Waals surface area contributed by atoms with Crippen LogP contribution in [0.5, 0.6) is 5.75 Å². The Morgan fingerprint density at radius 1 is 1.23 bits per heavy atom. The minimum absolute atomic E-state index is 0.0486. The van der Waals surface area contributed by atoms with E-state index < -0.39 is 6.43 Å². The van der Waals surface area contributed by atoms with Gasteiger partial charge in [0.1, 0.15) is 11.9 Å². The van der Waals surface area contributed by atoms with Gasteiger partial charge in [0.2, 0.25) is 6.43 Å². The molecule has 1 aliphatic rings. The van der Waals surface area contributed by atoms with Crippen molar-refractivity contribution in [2.24, 2.45) is 0 Å². The van der Waals surface area contributed by atoms with E-state index in [0.29, 0.717) is 6.54 Å². The predicted molar refractivity (Wildman–Crippen MR) is 85.9 cm³/mol. The zero-order valence-corrected chi connectivity index (χ0v) is 13.8. The highest BCUT2D eigenvalue weighted by molar-refractivity contribution is 5.31. The van der Waals surface area contributed by atoms with Crippen LogP contribution in [0.15, 0.2) is 24.3 Å². The van der Waals surface area contributed by atoms with Gasteiger partial charge in [-0.05, 0) is 42.5 Å². The quantitative estimate of drug-likeness (QED) is 0.795. The van der Waals surface area contributed by atoms with Gasteiger partial charge in [-0.15, -0.1) is 0 Å². The third-order valence-electron chi connectivity index (χ3n) is 4.15. The van der Waals surface area contributed by atoms with E-state index in [1.807, 2.05) is 12.1 Å². The van der Waals surface area contributed by atoms with Crippen molar-refractivity contribution in [3.8, 4) is 5.75 Å². The van der Waals surface area contributed by atoms with Crippen molar-refractivity contribution in [3.63, 3.8) is 0 Å². The lowest BCUT2D eigenvalue weighted by atomic mass is 9.87. The maximum atomic E-state index is 12.3. The smallest absolute Gasteiger partial charge is 0.239 e. The molecule has 2 nitrogen and oxygen atoms in total. The van der Waals surface area contributed by atoms with Crippen molar-refractivity contribution in [3.05, 3.63) is 29.8 Å². The molecule has 2 rings (SSSR count). The first-order valence-corrected chi connectivity index (χ1v) is 8.12. The average molecular weight is 311 g/mol. The zero-order valence-electron chi connectivity index (χ0n) is 13.8. The first-order chi connectivity index (χ1) is 10.3. The van der Waals surface area contributed by atoms with E-state index in [-0.39, 0.29) is 17.9 Å². The molecule has 1 unspecified atom stereocenters. The molecule has 1 aliphatic heterocycles. The van der Waals surface area contributed by atoms with Crippen LogP contribution in [-0.4, -0.2) is 37.1 Å². The number of alkyl halides is 2. The van der Waals surface area contributed by atoms with Gasteiger partial charge in [-0.3, -0.25) is 4.90 Å². The van der Waals surface area contributed by atoms with Crippen LogP contribution in [0.1, 0.15) is 45.6 Å². The monoisotopic (exact) mass is 311 g/mol. The van der Waals surface area contributed by atoms with Gasteiger partial charge in [0.25, 0.3) is 0 Å². The molecular formula is C18H27F2NO. The Labute approximate surface area is 132 Å². The highest BCUT2D eigenvalue weighted by Crippen LogP contribution is 2.25. The Morgan fingerprint density at radius 3 is 2.50 bits per heavy atom. The molecule has 124 valence electrons. The molecule has 1 fully saturated rings. The number of rotatable bonds is 5. The summed E-state index contributed by atoms with van der Waals surface area (Å²) in [5.41, 5.74) is 1.41. The summed E-state index contributed by atoms with van der Waals surface area (Å²) in [6, 6.07) is 8.23. The second-order valence-corrected chi connectivity index (χ2v) is 7.14. The lowest BCUT2D eigenvalue weighted by Gasteiger charge is -2.33. The maximum Gasteiger partial charge on any atom is 0.239 e. The number of likely N-dealkylation sites (tertiary alicyclic amines) is 1. The van der Waals surface area contributed by atoms with Crippen LogP contribution in [-0.2, 0) is 5.41 Å². The second kappa shape index (κ2) is 7.40. The summed E-state index contributed by atoms with van der Waals surface area (Å²) in [5, 5.41) is 0. The molecule has 1 aromatic carbocycles. The van der Waals surface area contributed by atoms with Gasteiger partial charge in [-0.1, -0.05) is 32.9 Å². The molecular weight excluding hydrogens is 284 g/mol. The minimum Gasteiger partial charge on any atom is -0.489 e. The molecule has 1 saturated heterocycles. The summed E-state index contributed by atoms with van der Waals surface area (Å²) in [4.78, 5) is 2.09. The van der Waals surface area contributed by atoms with Crippen LogP contribution in [0.4, 0.5) is 8.78 Å². The normalized spacial score (nSPS) is 20.4. The molecule has 0 bridgehead atoms. The van der Waals surface area contributed by atoms with Crippen LogP contribution in [0.2, 0.25) is 0 Å². The number of nitrogens with zero attached hydrogens (tertiary/aromatic N) is 1. The number of hydrogen-bond acceptors (Lipinski definition) is 2. The van der Waals surface area contributed by atoms with E-state index in [1.54, 1.807) is 0 Å². The van der Waals surface area contributed by atoms with Gasteiger partial charge in [0.05, 0.1) is 0 Å². The number of hydrogen-bond donors (Lipinski definition) is 0. The van der Waals surface area contributed by atoms with Crippen molar-refractivity contribution in [1.82, 2.24) is 4.90 Å². The largest absolute Gasteiger partial charge is 0.489 e. The fourth-order valence-corrected chi connectivity index (χ4v) is 2.82. The average Bonchev–Trinajstić information content (AvgIpc) is 2.45. The van der Waals surface area contributed by atoms with Gasteiger partial charge in [0.15, 0.2) is 0 Å². The van der Waals surface area contributed by atoms with Crippen LogP contribution >= 0.6 is 0 Å². The second-order valence-electron chi connectivity index (χ2n) is 7.14. The van der Waals surface area contributed by atoms with Crippen LogP contribution < -0.4 is 4.74 Å². The first-order valence-electron chi connectivity index (χ1n) is 8.12. The lowest BCUT2D eigenvalue weighted by Crippen LogP contribution is -2.41. The third-order valence-corrected chi connectivity index (χ3v) is 4.15. The Bertz CT molecular complexity index is 453. The van der Waals surface area contributed by atoms with Gasteiger partial charge < -0.3 is 4.74 Å². The van der Waals surface area contributed by atoms with Crippen molar-refractivity contribution >= 4 is 0 Å². The Hall–Kier alpha value is -1.16. The molecule has 1 atom stereocenters. The summed E-state index contributed by atoms with van der Waals surface area (Å²) in [7, 11) is 0. The van der Waals surface area contributed by atoms with Crippen LogP contribution in [0, 0.1) is 0 Å². The van der Waals surface area contributed by atoms with Crippen molar-refractivity contribution in [1.29, 1.82) is 0 Å². The topological polar surface area (TPSA) is 12.5 Å². The molecule has 1 aromatic rings. The van der Waals surface area contributed by atoms with Crippen molar-refractivity contribution < 1.29 is 13.5 Å². The zero-order chi connectivity index (χ0) is 16.2. The van der Waals surface area contributed by atoms with Crippen molar-refractivity contribution in [2.75, 3.05) is 19.6 Å². The molecule has 0 amide bonds. The number of ether oxygens (including phenoxy) is 1. The lowest BCUT2D eigenvalue weighted by molar-refractivity contribution is 0.0661. The van der Waals surface area contributed by atoms with E-state index in [4.69, 9.17) is 4.74 Å². The summed E-state index contributed by atoms with van der Waals surface area (Å²) in [5.74, 6) is 0.869. The van der Waals surface area contributed by atoms with E-state index in [2.05, 4.69) is 37.8 Å². The molecule has 4 heteroatoms. The number of piperidine rings is 1. The molecule has 0 aromatic heterocycles. The van der Waals surface area contributed by atoms with E-state index in [9.17, 15) is 8.78 Å². The fourth-order valence-electron chi connectivity index (χ4n) is 2.82. The van der Waals surface area contributed by atoms with Gasteiger partial charge in [-0.2, -0.15) is 0 Å². The summed E-state index contributed by atoms with van der Waals surface area (Å²) < 4.78 is 30.7. The van der Waals surface area contributed by atoms with Crippen LogP contribution in [0.25, 0.3) is 0 Å². The standard InChI is InChI=1S/C18H27F2NO/c1-18(2,3)14-6-8-15(9-7-14)22-16-5-4-11-21(13-16)12-10-17(19)20/h6-9,16-17H,4-5,10-13H2,1-3H3. The summed E-state index contributed by atoms with van der Waals surface area (Å²) in [6.45, 7) is 8.66. The van der Waals surface area contributed by atoms with Gasteiger partial charge in [0, 0.05) is 19.5 Å². The van der Waals surface area contributed by atoms with E-state index >= 15 is 0 Å². The Morgan fingerprint density at radius 2 is 1.91 bits per heavy atom. The molecule has 0 spiro atoms. The highest BCUT2D eigenvalue weighted by atomic mass is 19.3. The predicted octanol–water partition coefficient (Wildman–Crippen LogP) is 4.48.